The van der Waals surface area contributed by atoms with Gasteiger partial charge >= 0.3 is 0 Å². The molecule has 2 heterocycles. The smallest absolute Gasteiger partial charge is 0.171 e. The van der Waals surface area contributed by atoms with Crippen molar-refractivity contribution < 1.29 is 4.79 Å². The van der Waals surface area contributed by atoms with Crippen LogP contribution in [0.1, 0.15) is 41.4 Å². The van der Waals surface area contributed by atoms with Crippen LogP contribution in [-0.2, 0) is 0 Å². The molecule has 0 fully saturated rings. The van der Waals surface area contributed by atoms with Crippen molar-refractivity contribution in [1.29, 1.82) is 0 Å². The first-order valence-corrected chi connectivity index (χ1v) is 5.25. The van der Waals surface area contributed by atoms with Crippen LogP contribution in [0.25, 0.3) is 0 Å². The van der Waals surface area contributed by atoms with Crippen molar-refractivity contribution in [2.75, 3.05) is 0 Å². The third-order valence-electron chi connectivity index (χ3n) is 2.11. The Balaban J connectivity index is 2.55. The van der Waals surface area contributed by atoms with Gasteiger partial charge in [0.1, 0.15) is 0 Å². The lowest BCUT2D eigenvalue weighted by Gasteiger charge is -2.07. The molecule has 1 aromatic rings. The number of hydrogen-bond acceptors (Lipinski definition) is 3. The first-order chi connectivity index (χ1) is 6.20. The van der Waals surface area contributed by atoms with E-state index in [-0.39, 0.29) is 5.78 Å². The Labute approximate surface area is 81.3 Å². The summed E-state index contributed by atoms with van der Waals surface area (Å²) in [5, 5.41) is 1.93. The molecule has 0 atom stereocenters. The molecule has 0 aliphatic carbocycles. The van der Waals surface area contributed by atoms with Crippen LogP contribution in [0.2, 0.25) is 0 Å². The molecule has 0 radical (unpaired) electrons. The molecule has 0 unspecified atom stereocenters. The molecule has 0 N–H and O–H groups in total. The van der Waals surface area contributed by atoms with Gasteiger partial charge in [0.25, 0.3) is 0 Å². The van der Waals surface area contributed by atoms with Gasteiger partial charge in [-0.05, 0) is 5.92 Å². The van der Waals surface area contributed by atoms with Crippen molar-refractivity contribution in [1.82, 2.24) is 0 Å². The molecule has 2 nitrogen and oxygen atoms in total. The summed E-state index contributed by atoms with van der Waals surface area (Å²) in [6.07, 6.45) is 2.17. The predicted octanol–water partition coefficient (Wildman–Crippen LogP) is 3.16. The molecular weight excluding hydrogens is 182 g/mol. The van der Waals surface area contributed by atoms with E-state index >= 15 is 0 Å². The van der Waals surface area contributed by atoms with Gasteiger partial charge in [0.05, 0.1) is 11.3 Å². The van der Waals surface area contributed by atoms with Crippen molar-refractivity contribution in [2.24, 2.45) is 4.99 Å². The molecule has 0 saturated heterocycles. The summed E-state index contributed by atoms with van der Waals surface area (Å²) in [4.78, 5) is 16.9. The van der Waals surface area contributed by atoms with Crippen molar-refractivity contribution in [3.05, 3.63) is 15.8 Å². The SMILES string of the molecule is CC(C)c1scc2c1N=CCC2=O. The molecule has 1 aliphatic heterocycles. The first-order valence-electron chi connectivity index (χ1n) is 4.37. The standard InChI is InChI=1S/C10H11NOS/c1-6(2)10-9-7(5-13-10)8(12)3-4-11-9/h4-6H,3H2,1-2H3. The lowest BCUT2D eigenvalue weighted by molar-refractivity contribution is 0.100. The van der Waals surface area contributed by atoms with E-state index in [0.717, 1.165) is 11.3 Å². The molecule has 68 valence electrons. The largest absolute Gasteiger partial charge is 0.294 e. The Morgan fingerprint density at radius 1 is 1.54 bits per heavy atom. The van der Waals surface area contributed by atoms with Gasteiger partial charge in [-0.3, -0.25) is 9.79 Å². The summed E-state index contributed by atoms with van der Waals surface area (Å²) in [7, 11) is 0. The van der Waals surface area contributed by atoms with Gasteiger partial charge < -0.3 is 0 Å². The third-order valence-corrected chi connectivity index (χ3v) is 3.39. The molecule has 1 aromatic heterocycles. The lowest BCUT2D eigenvalue weighted by atomic mass is 10.0. The minimum Gasteiger partial charge on any atom is -0.294 e. The zero-order chi connectivity index (χ0) is 9.42. The number of aliphatic imine (C=N–C) groups is 1. The quantitative estimate of drug-likeness (QED) is 0.673. The molecular formula is C10H11NOS. The van der Waals surface area contributed by atoms with Crippen LogP contribution in [0.4, 0.5) is 5.69 Å². The van der Waals surface area contributed by atoms with E-state index in [0.29, 0.717) is 12.3 Å². The molecule has 0 spiro atoms. The average molecular weight is 193 g/mol. The maximum atomic E-state index is 11.4. The second-order valence-electron chi connectivity index (χ2n) is 3.46. The molecule has 1 aliphatic rings. The van der Waals surface area contributed by atoms with Gasteiger partial charge in [0, 0.05) is 22.9 Å². The Morgan fingerprint density at radius 2 is 2.31 bits per heavy atom. The van der Waals surface area contributed by atoms with Crippen LogP contribution in [0.5, 0.6) is 0 Å². The maximum absolute atomic E-state index is 11.4. The molecule has 3 heteroatoms. The van der Waals surface area contributed by atoms with Crippen LogP contribution in [0.3, 0.4) is 0 Å². The van der Waals surface area contributed by atoms with Crippen molar-refractivity contribution in [3.63, 3.8) is 0 Å². The van der Waals surface area contributed by atoms with Crippen LogP contribution in [0, 0.1) is 0 Å². The minimum atomic E-state index is 0.202. The van der Waals surface area contributed by atoms with Crippen LogP contribution < -0.4 is 0 Å². The second-order valence-corrected chi connectivity index (χ2v) is 4.37. The number of carbonyl (C=O) groups excluding carboxylic acids is 1. The number of Topliss-reactive ketones (excluding diaryl/α,β-unsaturated/α-hetero) is 1. The summed E-state index contributed by atoms with van der Waals surface area (Å²) < 4.78 is 0. The van der Waals surface area contributed by atoms with Gasteiger partial charge in [-0.2, -0.15) is 0 Å². The Hall–Kier alpha value is -0.960. The summed E-state index contributed by atoms with van der Waals surface area (Å²) in [6.45, 7) is 4.25. The maximum Gasteiger partial charge on any atom is 0.171 e. The van der Waals surface area contributed by atoms with Crippen LogP contribution in [0.15, 0.2) is 10.4 Å². The van der Waals surface area contributed by atoms with E-state index in [1.54, 1.807) is 17.6 Å². The van der Waals surface area contributed by atoms with Gasteiger partial charge in [0.15, 0.2) is 5.78 Å². The molecule has 13 heavy (non-hydrogen) atoms. The fraction of sp³-hybridized carbons (Fsp3) is 0.400. The predicted molar refractivity (Wildman–Crippen MR) is 55.5 cm³/mol. The summed E-state index contributed by atoms with van der Waals surface area (Å²) in [5.74, 6) is 0.657. The molecule has 0 bridgehead atoms. The molecule has 0 saturated carbocycles. The highest BCUT2D eigenvalue weighted by Crippen LogP contribution is 2.38. The van der Waals surface area contributed by atoms with Crippen molar-refractivity contribution in [2.45, 2.75) is 26.2 Å². The second kappa shape index (κ2) is 3.07. The Bertz CT molecular complexity index is 376. The van der Waals surface area contributed by atoms with E-state index in [4.69, 9.17) is 0 Å². The third kappa shape index (κ3) is 1.33. The van der Waals surface area contributed by atoms with E-state index in [1.165, 1.54) is 4.88 Å². The van der Waals surface area contributed by atoms with Crippen molar-refractivity contribution in [3.8, 4) is 0 Å². The lowest BCUT2D eigenvalue weighted by Crippen LogP contribution is -2.02. The van der Waals surface area contributed by atoms with E-state index in [9.17, 15) is 4.79 Å². The highest BCUT2D eigenvalue weighted by atomic mass is 32.1. The molecule has 2 rings (SSSR count). The number of thiophene rings is 1. The number of fused-ring (bicyclic) bond motifs is 1. The molecule has 0 amide bonds. The summed E-state index contributed by atoms with van der Waals surface area (Å²) in [5.41, 5.74) is 1.73. The normalized spacial score (nSPS) is 15.2. The van der Waals surface area contributed by atoms with Gasteiger partial charge in [0.2, 0.25) is 0 Å². The van der Waals surface area contributed by atoms with E-state index in [2.05, 4.69) is 18.8 Å². The van der Waals surface area contributed by atoms with Crippen LogP contribution in [-0.4, -0.2) is 12.0 Å². The fourth-order valence-electron chi connectivity index (χ4n) is 1.44. The van der Waals surface area contributed by atoms with Crippen LogP contribution >= 0.6 is 11.3 Å². The monoisotopic (exact) mass is 193 g/mol. The average Bonchev–Trinajstić information content (AvgIpc) is 2.48. The number of rotatable bonds is 1. The Morgan fingerprint density at radius 3 is 3.00 bits per heavy atom. The van der Waals surface area contributed by atoms with Gasteiger partial charge in [-0.15, -0.1) is 11.3 Å². The van der Waals surface area contributed by atoms with E-state index < -0.39 is 0 Å². The zero-order valence-corrected chi connectivity index (χ0v) is 8.52. The van der Waals surface area contributed by atoms with Crippen molar-refractivity contribution >= 4 is 29.0 Å². The number of nitrogens with zero attached hydrogens (tertiary/aromatic N) is 1. The van der Waals surface area contributed by atoms with E-state index in [1.807, 2.05) is 5.38 Å². The number of hydrogen-bond donors (Lipinski definition) is 0. The topological polar surface area (TPSA) is 29.4 Å². The number of carbonyl (C=O) groups is 1. The summed E-state index contributed by atoms with van der Waals surface area (Å²) in [6, 6.07) is 0. The highest BCUT2D eigenvalue weighted by molar-refractivity contribution is 7.11. The summed E-state index contributed by atoms with van der Waals surface area (Å²) >= 11 is 1.64. The first kappa shape index (κ1) is 8.63. The van der Waals surface area contributed by atoms with Gasteiger partial charge in [-0.1, -0.05) is 13.8 Å². The fourth-order valence-corrected chi connectivity index (χ4v) is 2.47. The Kier molecular flexibility index (Phi) is 2.04. The number of ketones is 1. The van der Waals surface area contributed by atoms with Gasteiger partial charge in [-0.25, -0.2) is 0 Å². The highest BCUT2D eigenvalue weighted by Gasteiger charge is 2.20. The molecule has 0 aromatic carbocycles. The zero-order valence-electron chi connectivity index (χ0n) is 7.70. The minimum absolute atomic E-state index is 0.202.